The quantitative estimate of drug-likeness (QED) is 0.936. The Balaban J connectivity index is 1.61. The van der Waals surface area contributed by atoms with Crippen LogP contribution < -0.4 is 5.32 Å². The summed E-state index contributed by atoms with van der Waals surface area (Å²) in [4.78, 5) is 4.42. The number of aromatic nitrogens is 2. The summed E-state index contributed by atoms with van der Waals surface area (Å²) >= 11 is 1.31. The fourth-order valence-corrected chi connectivity index (χ4v) is 4.72. The molecule has 0 saturated carbocycles. The van der Waals surface area contributed by atoms with Crippen LogP contribution in [0.25, 0.3) is 11.4 Å². The predicted octanol–water partition coefficient (Wildman–Crippen LogP) is 2.05. The van der Waals surface area contributed by atoms with Gasteiger partial charge in [-0.2, -0.15) is 9.36 Å². The summed E-state index contributed by atoms with van der Waals surface area (Å²) in [6, 6.07) is 9.79. The number of hydrogen-bond acceptors (Lipinski definition) is 6. The lowest BCUT2D eigenvalue weighted by molar-refractivity contribution is 0.596. The van der Waals surface area contributed by atoms with Crippen LogP contribution in [0.4, 0.5) is 5.13 Å². The molecule has 20 heavy (non-hydrogen) atoms. The van der Waals surface area contributed by atoms with Crippen molar-refractivity contribution in [1.82, 2.24) is 9.36 Å². The zero-order valence-electron chi connectivity index (χ0n) is 10.8. The highest BCUT2D eigenvalue weighted by Crippen LogP contribution is 2.23. The molecule has 1 aliphatic heterocycles. The maximum atomic E-state index is 11.4. The fraction of sp³-hybridized carbons (Fsp3) is 0.385. The largest absolute Gasteiger partial charge is 0.360 e. The molecule has 0 spiro atoms. The van der Waals surface area contributed by atoms with Crippen LogP contribution in [0.3, 0.4) is 0 Å². The third-order valence-electron chi connectivity index (χ3n) is 3.33. The van der Waals surface area contributed by atoms with E-state index in [-0.39, 0.29) is 11.7 Å². The van der Waals surface area contributed by atoms with E-state index in [4.69, 9.17) is 0 Å². The van der Waals surface area contributed by atoms with E-state index in [0.717, 1.165) is 17.1 Å². The average molecular weight is 309 g/mol. The molecule has 1 unspecified atom stereocenters. The van der Waals surface area contributed by atoms with Crippen LogP contribution in [-0.2, 0) is 9.84 Å². The van der Waals surface area contributed by atoms with Crippen molar-refractivity contribution in [3.05, 3.63) is 30.3 Å². The molecule has 1 aromatic heterocycles. The molecule has 1 N–H and O–H groups in total. The van der Waals surface area contributed by atoms with Gasteiger partial charge in [0.05, 0.1) is 11.5 Å². The predicted molar refractivity (Wildman–Crippen MR) is 80.6 cm³/mol. The van der Waals surface area contributed by atoms with E-state index in [1.54, 1.807) is 0 Å². The minimum Gasteiger partial charge on any atom is -0.360 e. The minimum atomic E-state index is -2.81. The van der Waals surface area contributed by atoms with Crippen molar-refractivity contribution in [2.75, 3.05) is 23.4 Å². The molecule has 0 bridgehead atoms. The van der Waals surface area contributed by atoms with Crippen LogP contribution >= 0.6 is 11.5 Å². The van der Waals surface area contributed by atoms with Gasteiger partial charge in [0, 0.05) is 23.6 Å². The summed E-state index contributed by atoms with van der Waals surface area (Å²) in [7, 11) is -2.81. The van der Waals surface area contributed by atoms with Crippen LogP contribution in [0.1, 0.15) is 6.42 Å². The zero-order valence-corrected chi connectivity index (χ0v) is 12.5. The van der Waals surface area contributed by atoms with Gasteiger partial charge in [-0.15, -0.1) is 0 Å². The van der Waals surface area contributed by atoms with Gasteiger partial charge in [0.15, 0.2) is 15.7 Å². The zero-order chi connectivity index (χ0) is 14.0. The van der Waals surface area contributed by atoms with Crippen molar-refractivity contribution in [3.63, 3.8) is 0 Å². The van der Waals surface area contributed by atoms with Crippen molar-refractivity contribution >= 4 is 26.5 Å². The monoisotopic (exact) mass is 309 g/mol. The summed E-state index contributed by atoms with van der Waals surface area (Å²) in [6.45, 7) is 0.642. The summed E-state index contributed by atoms with van der Waals surface area (Å²) in [5.41, 5.74) is 0.986. The maximum Gasteiger partial charge on any atom is 0.202 e. The summed E-state index contributed by atoms with van der Waals surface area (Å²) in [5, 5.41) is 3.94. The molecule has 7 heteroatoms. The van der Waals surface area contributed by atoms with E-state index in [1.807, 2.05) is 30.3 Å². The summed E-state index contributed by atoms with van der Waals surface area (Å²) in [6.07, 6.45) is 0.736. The molecule has 106 valence electrons. The van der Waals surface area contributed by atoms with Gasteiger partial charge in [-0.1, -0.05) is 30.3 Å². The van der Waals surface area contributed by atoms with Crippen LogP contribution in [0.5, 0.6) is 0 Å². The number of benzene rings is 1. The lowest BCUT2D eigenvalue weighted by Gasteiger charge is -2.07. The molecule has 1 atom stereocenters. The maximum absolute atomic E-state index is 11.4. The van der Waals surface area contributed by atoms with Crippen LogP contribution in [0.2, 0.25) is 0 Å². The number of nitrogens with zero attached hydrogens (tertiary/aromatic N) is 2. The SMILES string of the molecule is O=S1(=O)CCC(CNc2nc(-c3ccccc3)ns2)C1. The van der Waals surface area contributed by atoms with Crippen LogP contribution in [0.15, 0.2) is 30.3 Å². The molecule has 1 fully saturated rings. The van der Waals surface area contributed by atoms with Gasteiger partial charge in [-0.05, 0) is 12.3 Å². The molecule has 2 aromatic rings. The molecular weight excluding hydrogens is 294 g/mol. The van der Waals surface area contributed by atoms with Crippen molar-refractivity contribution in [2.24, 2.45) is 5.92 Å². The van der Waals surface area contributed by atoms with Gasteiger partial charge in [0.1, 0.15) is 0 Å². The molecule has 1 aromatic carbocycles. The molecular formula is C13H15N3O2S2. The Labute approximate surface area is 122 Å². The van der Waals surface area contributed by atoms with Crippen molar-refractivity contribution in [2.45, 2.75) is 6.42 Å². The summed E-state index contributed by atoms with van der Waals surface area (Å²) < 4.78 is 27.1. The molecule has 5 nitrogen and oxygen atoms in total. The Morgan fingerprint density at radius 1 is 1.30 bits per heavy atom. The third kappa shape index (κ3) is 3.16. The third-order valence-corrected chi connectivity index (χ3v) is 5.84. The lowest BCUT2D eigenvalue weighted by Crippen LogP contribution is -2.15. The molecule has 1 saturated heterocycles. The van der Waals surface area contributed by atoms with Gasteiger partial charge >= 0.3 is 0 Å². The Morgan fingerprint density at radius 2 is 2.10 bits per heavy atom. The van der Waals surface area contributed by atoms with Crippen LogP contribution in [-0.4, -0.2) is 35.8 Å². The highest BCUT2D eigenvalue weighted by molar-refractivity contribution is 7.91. The first-order valence-electron chi connectivity index (χ1n) is 6.46. The van der Waals surface area contributed by atoms with Gasteiger partial charge in [0.25, 0.3) is 0 Å². The second-order valence-electron chi connectivity index (χ2n) is 4.94. The molecule has 1 aliphatic rings. The van der Waals surface area contributed by atoms with Gasteiger partial charge in [-0.25, -0.2) is 8.42 Å². The number of sulfone groups is 1. The highest BCUT2D eigenvalue weighted by atomic mass is 32.2. The van der Waals surface area contributed by atoms with Gasteiger partial charge in [0.2, 0.25) is 5.13 Å². The van der Waals surface area contributed by atoms with Crippen LogP contribution in [0, 0.1) is 5.92 Å². The van der Waals surface area contributed by atoms with Crippen molar-refractivity contribution in [3.8, 4) is 11.4 Å². The van der Waals surface area contributed by atoms with E-state index < -0.39 is 9.84 Å². The molecule has 0 amide bonds. The topological polar surface area (TPSA) is 72.0 Å². The van der Waals surface area contributed by atoms with Gasteiger partial charge < -0.3 is 5.32 Å². The highest BCUT2D eigenvalue weighted by Gasteiger charge is 2.27. The first-order chi connectivity index (χ1) is 9.62. The number of hydrogen-bond donors (Lipinski definition) is 1. The minimum absolute atomic E-state index is 0.184. The Bertz CT molecular complexity index is 683. The second kappa shape index (κ2) is 5.49. The van der Waals surface area contributed by atoms with E-state index in [1.165, 1.54) is 11.5 Å². The average Bonchev–Trinajstić information content (AvgIpc) is 3.04. The Kier molecular flexibility index (Phi) is 3.71. The van der Waals surface area contributed by atoms with E-state index in [9.17, 15) is 8.42 Å². The van der Waals surface area contributed by atoms with Gasteiger partial charge in [-0.3, -0.25) is 0 Å². The first kappa shape index (κ1) is 13.5. The second-order valence-corrected chi connectivity index (χ2v) is 7.92. The molecule has 0 radical (unpaired) electrons. The van der Waals surface area contributed by atoms with E-state index in [2.05, 4.69) is 14.7 Å². The fourth-order valence-electron chi connectivity index (χ4n) is 2.26. The first-order valence-corrected chi connectivity index (χ1v) is 9.05. The van der Waals surface area contributed by atoms with Crippen molar-refractivity contribution < 1.29 is 8.42 Å². The molecule has 2 heterocycles. The summed E-state index contributed by atoms with van der Waals surface area (Å²) in [5.74, 6) is 1.48. The number of anilines is 1. The smallest absolute Gasteiger partial charge is 0.202 e. The van der Waals surface area contributed by atoms with E-state index >= 15 is 0 Å². The lowest BCUT2D eigenvalue weighted by atomic mass is 10.1. The van der Waals surface area contributed by atoms with E-state index in [0.29, 0.717) is 18.1 Å². The molecule has 3 rings (SSSR count). The van der Waals surface area contributed by atoms with Crippen molar-refractivity contribution in [1.29, 1.82) is 0 Å². The Hall–Kier alpha value is -1.47. The standard InChI is InChI=1S/C13H15N3O2S2/c17-20(18)7-6-10(9-20)8-14-13-15-12(16-19-13)11-4-2-1-3-5-11/h1-5,10H,6-9H2,(H,14,15,16). The molecule has 0 aliphatic carbocycles. The normalized spacial score (nSPS) is 20.9. The Morgan fingerprint density at radius 3 is 2.80 bits per heavy atom. The number of nitrogens with one attached hydrogen (secondary N) is 1. The number of rotatable bonds is 4.